The number of hydrogen-bond acceptors (Lipinski definition) is 0. The summed E-state index contributed by atoms with van der Waals surface area (Å²) in [5, 5.41) is 5.49. The molecule has 1 fully saturated rings. The van der Waals surface area contributed by atoms with Gasteiger partial charge in [0.2, 0.25) is 0 Å². The minimum absolute atomic E-state index is 0. The first-order chi connectivity index (χ1) is 15.1. The summed E-state index contributed by atoms with van der Waals surface area (Å²) in [7, 11) is 0. The Morgan fingerprint density at radius 1 is 0.765 bits per heavy atom. The number of benzene rings is 2. The predicted molar refractivity (Wildman–Crippen MR) is 139 cm³/mol. The molecule has 0 aromatic heterocycles. The van der Waals surface area contributed by atoms with Crippen LogP contribution in [0.1, 0.15) is 84.8 Å². The summed E-state index contributed by atoms with van der Waals surface area (Å²) in [5.41, 5.74) is 3.20. The van der Waals surface area contributed by atoms with Crippen LogP contribution in [0.25, 0.3) is 21.5 Å². The van der Waals surface area contributed by atoms with Crippen molar-refractivity contribution in [2.45, 2.75) is 84.5 Å². The van der Waals surface area contributed by atoms with Crippen molar-refractivity contribution in [1.29, 1.82) is 0 Å². The van der Waals surface area contributed by atoms with E-state index in [1.165, 1.54) is 58.4 Å². The zero-order chi connectivity index (χ0) is 23.4. The van der Waals surface area contributed by atoms with Gasteiger partial charge in [0.15, 0.2) is 0 Å². The molecule has 0 spiro atoms. The molecule has 0 atom stereocenters. The number of fused-ring (bicyclic) bond motifs is 3. The van der Waals surface area contributed by atoms with E-state index in [2.05, 4.69) is 116 Å². The molecule has 0 radical (unpaired) electrons. The molecule has 34 heavy (non-hydrogen) atoms. The summed E-state index contributed by atoms with van der Waals surface area (Å²) in [6.45, 7) is 13.7. The summed E-state index contributed by atoms with van der Waals surface area (Å²) >= 11 is 2.26. The van der Waals surface area contributed by atoms with Crippen LogP contribution in [0, 0.1) is 6.08 Å². The molecule has 0 nitrogen and oxygen atoms in total. The molecule has 2 aliphatic carbocycles. The molecular weight excluding hydrogens is 491 g/mol. The fourth-order valence-corrected chi connectivity index (χ4v) is 4.63. The first kappa shape index (κ1) is 31.0. The average molecular weight is 529 g/mol. The van der Waals surface area contributed by atoms with E-state index in [9.17, 15) is 0 Å². The monoisotopic (exact) mass is 528 g/mol. The van der Waals surface area contributed by atoms with E-state index in [-0.39, 0.29) is 35.6 Å². The Kier molecular flexibility index (Phi) is 12.1. The average Bonchev–Trinajstić information content (AvgIpc) is 3.49. The molecule has 5 rings (SSSR count). The summed E-state index contributed by atoms with van der Waals surface area (Å²) in [4.78, 5) is 0. The summed E-state index contributed by atoms with van der Waals surface area (Å²) in [6, 6.07) is 16.1. The van der Waals surface area contributed by atoms with Gasteiger partial charge in [0.1, 0.15) is 0 Å². The maximum absolute atomic E-state index is 2.99. The van der Waals surface area contributed by atoms with Crippen LogP contribution in [0.15, 0.2) is 60.7 Å². The van der Waals surface area contributed by atoms with Crippen molar-refractivity contribution in [3.63, 3.8) is 0 Å². The molecule has 2 aliphatic rings. The van der Waals surface area contributed by atoms with Crippen LogP contribution in [-0.4, -0.2) is 3.81 Å². The Morgan fingerprint density at radius 2 is 1.24 bits per heavy atom. The molecule has 0 amide bonds. The second-order valence-electron chi connectivity index (χ2n) is 11.1. The van der Waals surface area contributed by atoms with Crippen LogP contribution >= 0.6 is 0 Å². The minimum atomic E-state index is 0. The van der Waals surface area contributed by atoms with Crippen LogP contribution in [0.3, 0.4) is 0 Å². The van der Waals surface area contributed by atoms with Gasteiger partial charge in [0, 0.05) is 0 Å². The Bertz CT molecular complexity index is 1050. The second kappa shape index (κ2) is 13.3. The molecular formula is C31H38Cl2Ti-2. The standard InChI is InChI=1S/C21H25.C5H8.C5H5.2ClH.Ti/c1-20(2,3)16-9-7-14-11-15-8-10-17(21(4,5)6)13-19(15)18(14)12-16;2*1-2-4-5-3-1;;;/h7-13H,1-6H3;1-4H2;1-3H,4H2;2*1H;/q-1;;-1;;;+2/p-2. The van der Waals surface area contributed by atoms with Crippen LogP contribution in [0.2, 0.25) is 0 Å². The van der Waals surface area contributed by atoms with Gasteiger partial charge in [-0.2, -0.15) is 6.08 Å². The summed E-state index contributed by atoms with van der Waals surface area (Å²) in [5.74, 6) is 0. The van der Waals surface area contributed by atoms with E-state index in [1.54, 1.807) is 3.81 Å². The SMILES string of the molecule is CC(C)(C)c1ccc2[cH-]c3ccc(C(C)(C)C)cc3c2c1.[C-]1=CC=CC1.[Cl-].[Cl-].[Ti+2]=[C]1CCCC1. The van der Waals surface area contributed by atoms with Crippen LogP contribution in [0.5, 0.6) is 0 Å². The normalized spacial score (nSPS) is 14.8. The molecule has 3 aromatic rings. The van der Waals surface area contributed by atoms with Crippen LogP contribution in [-0.2, 0) is 30.8 Å². The van der Waals surface area contributed by atoms with Crippen molar-refractivity contribution < 1.29 is 44.8 Å². The first-order valence-electron chi connectivity index (χ1n) is 12.0. The third-order valence-electron chi connectivity index (χ3n) is 6.23. The van der Waals surface area contributed by atoms with Crippen LogP contribution < -0.4 is 24.8 Å². The van der Waals surface area contributed by atoms with Crippen molar-refractivity contribution in [3.8, 4) is 0 Å². The zero-order valence-corrected chi connectivity index (χ0v) is 24.6. The third kappa shape index (κ3) is 8.56. The van der Waals surface area contributed by atoms with E-state index in [0.29, 0.717) is 0 Å². The van der Waals surface area contributed by atoms with Gasteiger partial charge >= 0.3 is 49.5 Å². The molecule has 0 heterocycles. The van der Waals surface area contributed by atoms with Crippen molar-refractivity contribution in [3.05, 3.63) is 77.9 Å². The Hall–Kier alpha value is -1.05. The molecule has 0 saturated heterocycles. The van der Waals surface area contributed by atoms with Gasteiger partial charge in [0.05, 0.1) is 0 Å². The van der Waals surface area contributed by atoms with Gasteiger partial charge in [0.25, 0.3) is 0 Å². The molecule has 3 aromatic carbocycles. The Morgan fingerprint density at radius 3 is 1.50 bits per heavy atom. The van der Waals surface area contributed by atoms with Crippen molar-refractivity contribution in [1.82, 2.24) is 0 Å². The molecule has 0 bridgehead atoms. The number of rotatable bonds is 0. The van der Waals surface area contributed by atoms with E-state index >= 15 is 0 Å². The third-order valence-corrected chi connectivity index (χ3v) is 7.01. The fourth-order valence-electron chi connectivity index (χ4n) is 4.07. The molecule has 0 N–H and O–H groups in total. The van der Waals surface area contributed by atoms with Gasteiger partial charge in [-0.15, -0.1) is 46.2 Å². The quantitative estimate of drug-likeness (QED) is 0.311. The maximum atomic E-state index is 2.99. The van der Waals surface area contributed by atoms with Crippen molar-refractivity contribution in [2.75, 3.05) is 0 Å². The van der Waals surface area contributed by atoms with E-state index in [0.717, 1.165) is 6.42 Å². The van der Waals surface area contributed by atoms with Gasteiger partial charge < -0.3 is 24.8 Å². The molecule has 182 valence electrons. The summed E-state index contributed by atoms with van der Waals surface area (Å²) < 4.78 is 1.70. The molecule has 0 unspecified atom stereocenters. The molecule has 0 aliphatic heterocycles. The first-order valence-corrected chi connectivity index (χ1v) is 12.8. The van der Waals surface area contributed by atoms with Gasteiger partial charge in [-0.1, -0.05) is 76.9 Å². The van der Waals surface area contributed by atoms with Crippen molar-refractivity contribution in [2.24, 2.45) is 0 Å². The summed E-state index contributed by atoms with van der Waals surface area (Å²) in [6.07, 6.45) is 15.7. The van der Waals surface area contributed by atoms with E-state index in [4.69, 9.17) is 0 Å². The molecule has 1 saturated carbocycles. The van der Waals surface area contributed by atoms with Gasteiger partial charge in [-0.25, -0.2) is 12.2 Å². The van der Waals surface area contributed by atoms with E-state index < -0.39 is 0 Å². The number of hydrogen-bond donors (Lipinski definition) is 0. The Balaban J connectivity index is 0.000000367. The topological polar surface area (TPSA) is 0 Å². The number of allylic oxidation sites excluding steroid dienone is 4. The van der Waals surface area contributed by atoms with E-state index in [1.807, 2.05) is 12.2 Å². The fraction of sp³-hybridized carbons (Fsp3) is 0.419. The van der Waals surface area contributed by atoms with Gasteiger partial charge in [-0.3, -0.25) is 6.08 Å². The van der Waals surface area contributed by atoms with Crippen molar-refractivity contribution >= 4 is 25.4 Å². The second-order valence-corrected chi connectivity index (χ2v) is 12.2. The zero-order valence-electron chi connectivity index (χ0n) is 21.6. The Labute approximate surface area is 231 Å². The molecule has 3 heteroatoms. The van der Waals surface area contributed by atoms with Gasteiger partial charge in [-0.05, 0) is 10.8 Å². The predicted octanol–water partition coefficient (Wildman–Crippen LogP) is 2.90. The number of halogens is 2. The van der Waals surface area contributed by atoms with Crippen LogP contribution in [0.4, 0.5) is 0 Å².